The van der Waals surface area contributed by atoms with Crippen molar-refractivity contribution in [2.75, 3.05) is 26.2 Å². The Hall–Kier alpha value is -1.99. The number of aromatic nitrogens is 1. The molecule has 2 heterocycles. The smallest absolute Gasteiger partial charge is 0.243 e. The van der Waals surface area contributed by atoms with Crippen LogP contribution in [-0.4, -0.2) is 48.8 Å². The molecule has 7 heteroatoms. The topological polar surface area (TPSA) is 53.5 Å². The van der Waals surface area contributed by atoms with E-state index in [0.717, 1.165) is 30.4 Å². The molecular weight excluding hydrogens is 382 g/mol. The number of hydrogen-bond donors (Lipinski definition) is 0. The number of nitrogens with zero attached hydrogens (tertiary/aromatic N) is 3. The third-order valence-corrected chi connectivity index (χ3v) is 6.74. The summed E-state index contributed by atoms with van der Waals surface area (Å²) in [4.78, 5) is 6.69. The van der Waals surface area contributed by atoms with Gasteiger partial charge in [-0.2, -0.15) is 4.31 Å². The lowest BCUT2D eigenvalue weighted by atomic mass is 10.1. The van der Waals surface area contributed by atoms with Gasteiger partial charge in [-0.15, -0.1) is 12.4 Å². The van der Waals surface area contributed by atoms with Crippen LogP contribution in [0.2, 0.25) is 0 Å². The maximum atomic E-state index is 13.0. The third kappa shape index (κ3) is 4.30. The summed E-state index contributed by atoms with van der Waals surface area (Å²) in [5.74, 6) is 0. The van der Waals surface area contributed by atoms with Crippen LogP contribution >= 0.6 is 12.4 Å². The standard InChI is InChI=1S/C20H21N3O2S.ClH/c24-26(25,20-6-5-18-3-1-2-4-19(18)15-20)23-13-11-22(12-14-23)16-17-7-9-21-10-8-17;/h1-10,15H,11-14,16H2;1H. The Balaban J connectivity index is 0.00000210. The van der Waals surface area contributed by atoms with Crippen molar-refractivity contribution < 1.29 is 8.42 Å². The quantitative estimate of drug-likeness (QED) is 0.671. The SMILES string of the molecule is Cl.O=S(=O)(c1ccc2ccccc2c1)N1CCN(Cc2ccncc2)CC1. The van der Waals surface area contributed by atoms with Crippen LogP contribution < -0.4 is 0 Å². The fourth-order valence-electron chi connectivity index (χ4n) is 3.35. The van der Waals surface area contributed by atoms with Gasteiger partial charge >= 0.3 is 0 Å². The number of piperazine rings is 1. The summed E-state index contributed by atoms with van der Waals surface area (Å²) in [5, 5.41) is 2.00. The van der Waals surface area contributed by atoms with Gasteiger partial charge in [0.15, 0.2) is 0 Å². The molecule has 0 radical (unpaired) electrons. The van der Waals surface area contributed by atoms with Crippen LogP contribution in [0.15, 0.2) is 71.9 Å². The van der Waals surface area contributed by atoms with E-state index >= 15 is 0 Å². The highest BCUT2D eigenvalue weighted by Crippen LogP contribution is 2.23. The molecule has 3 aromatic rings. The molecule has 27 heavy (non-hydrogen) atoms. The zero-order chi connectivity index (χ0) is 18.0. The zero-order valence-electron chi connectivity index (χ0n) is 14.9. The van der Waals surface area contributed by atoms with E-state index in [2.05, 4.69) is 9.88 Å². The number of halogens is 1. The van der Waals surface area contributed by atoms with Crippen LogP contribution in [0.5, 0.6) is 0 Å². The first-order chi connectivity index (χ1) is 12.6. The Morgan fingerprint density at radius 3 is 2.22 bits per heavy atom. The fourth-order valence-corrected chi connectivity index (χ4v) is 4.81. The Morgan fingerprint density at radius 2 is 1.52 bits per heavy atom. The molecule has 0 unspecified atom stereocenters. The van der Waals surface area contributed by atoms with Crippen LogP contribution in [0, 0.1) is 0 Å². The summed E-state index contributed by atoms with van der Waals surface area (Å²) >= 11 is 0. The first-order valence-corrected chi connectivity index (χ1v) is 10.2. The van der Waals surface area contributed by atoms with E-state index in [4.69, 9.17) is 0 Å². The molecule has 1 fully saturated rings. The number of benzene rings is 2. The molecule has 0 saturated carbocycles. The summed E-state index contributed by atoms with van der Waals surface area (Å²) in [6.45, 7) is 3.32. The highest BCUT2D eigenvalue weighted by Gasteiger charge is 2.28. The molecule has 0 amide bonds. The molecule has 0 spiro atoms. The Morgan fingerprint density at radius 1 is 0.852 bits per heavy atom. The summed E-state index contributed by atoms with van der Waals surface area (Å²) in [5.41, 5.74) is 1.20. The lowest BCUT2D eigenvalue weighted by molar-refractivity contribution is 0.181. The maximum Gasteiger partial charge on any atom is 0.243 e. The highest BCUT2D eigenvalue weighted by molar-refractivity contribution is 7.89. The molecule has 5 nitrogen and oxygen atoms in total. The van der Waals surface area contributed by atoms with E-state index in [9.17, 15) is 8.42 Å². The summed E-state index contributed by atoms with van der Waals surface area (Å²) in [6.07, 6.45) is 3.57. The van der Waals surface area contributed by atoms with Gasteiger partial charge in [0, 0.05) is 45.1 Å². The third-order valence-electron chi connectivity index (χ3n) is 4.85. The van der Waals surface area contributed by atoms with E-state index in [1.54, 1.807) is 28.8 Å². The summed E-state index contributed by atoms with van der Waals surface area (Å²) in [7, 11) is -3.45. The molecule has 2 aromatic carbocycles. The highest BCUT2D eigenvalue weighted by atomic mass is 35.5. The Labute approximate surface area is 166 Å². The van der Waals surface area contributed by atoms with Crippen LogP contribution in [-0.2, 0) is 16.6 Å². The Kier molecular flexibility index (Phi) is 6.11. The fraction of sp³-hybridized carbons (Fsp3) is 0.250. The molecule has 0 N–H and O–H groups in total. The minimum atomic E-state index is -3.45. The van der Waals surface area contributed by atoms with Gasteiger partial charge in [0.05, 0.1) is 4.90 Å². The van der Waals surface area contributed by atoms with Crippen molar-refractivity contribution in [2.45, 2.75) is 11.4 Å². The van der Waals surface area contributed by atoms with Gasteiger partial charge in [0.2, 0.25) is 10.0 Å². The van der Waals surface area contributed by atoms with Crippen molar-refractivity contribution in [3.05, 3.63) is 72.6 Å². The largest absolute Gasteiger partial charge is 0.296 e. The second kappa shape index (κ2) is 8.35. The van der Waals surface area contributed by atoms with Gasteiger partial charge < -0.3 is 0 Å². The van der Waals surface area contributed by atoms with E-state index in [1.165, 1.54) is 5.56 Å². The lowest BCUT2D eigenvalue weighted by Crippen LogP contribution is -2.48. The van der Waals surface area contributed by atoms with Crippen LogP contribution in [0.3, 0.4) is 0 Å². The van der Waals surface area contributed by atoms with E-state index in [1.807, 2.05) is 42.5 Å². The van der Waals surface area contributed by atoms with E-state index in [-0.39, 0.29) is 12.4 Å². The molecule has 0 atom stereocenters. The predicted octanol–water partition coefficient (Wildman–Crippen LogP) is 3.16. The van der Waals surface area contributed by atoms with Crippen molar-refractivity contribution in [2.24, 2.45) is 0 Å². The zero-order valence-corrected chi connectivity index (χ0v) is 16.5. The van der Waals surface area contributed by atoms with Gasteiger partial charge in [0.25, 0.3) is 0 Å². The normalized spacial score (nSPS) is 16.1. The number of fused-ring (bicyclic) bond motifs is 1. The number of hydrogen-bond acceptors (Lipinski definition) is 4. The average molecular weight is 404 g/mol. The molecule has 4 rings (SSSR count). The average Bonchev–Trinajstić information content (AvgIpc) is 2.69. The monoisotopic (exact) mass is 403 g/mol. The van der Waals surface area contributed by atoms with Gasteiger partial charge in [-0.3, -0.25) is 9.88 Å². The number of pyridine rings is 1. The second-order valence-electron chi connectivity index (χ2n) is 6.54. The molecule has 1 saturated heterocycles. The van der Waals surface area contributed by atoms with Gasteiger partial charge in [-0.05, 0) is 40.6 Å². The molecular formula is C20H22ClN3O2S. The van der Waals surface area contributed by atoms with Crippen molar-refractivity contribution in [3.63, 3.8) is 0 Å². The van der Waals surface area contributed by atoms with Gasteiger partial charge in [-0.1, -0.05) is 30.3 Å². The van der Waals surface area contributed by atoms with E-state index in [0.29, 0.717) is 18.0 Å². The van der Waals surface area contributed by atoms with Crippen molar-refractivity contribution >= 4 is 33.2 Å². The summed E-state index contributed by atoms with van der Waals surface area (Å²) < 4.78 is 27.6. The Bertz CT molecular complexity index is 1000. The molecule has 0 aliphatic carbocycles. The lowest BCUT2D eigenvalue weighted by Gasteiger charge is -2.34. The molecule has 142 valence electrons. The molecule has 1 aromatic heterocycles. The van der Waals surface area contributed by atoms with Crippen LogP contribution in [0.25, 0.3) is 10.8 Å². The number of sulfonamides is 1. The predicted molar refractivity (Wildman–Crippen MR) is 109 cm³/mol. The number of rotatable bonds is 4. The minimum absolute atomic E-state index is 0. The van der Waals surface area contributed by atoms with Gasteiger partial charge in [-0.25, -0.2) is 8.42 Å². The van der Waals surface area contributed by atoms with Crippen molar-refractivity contribution in [1.29, 1.82) is 0 Å². The second-order valence-corrected chi connectivity index (χ2v) is 8.48. The maximum absolute atomic E-state index is 13.0. The van der Waals surface area contributed by atoms with E-state index < -0.39 is 10.0 Å². The minimum Gasteiger partial charge on any atom is -0.296 e. The first-order valence-electron chi connectivity index (χ1n) is 8.73. The van der Waals surface area contributed by atoms with Crippen LogP contribution in [0.1, 0.15) is 5.56 Å². The first kappa shape index (κ1) is 19.8. The van der Waals surface area contributed by atoms with Crippen LogP contribution in [0.4, 0.5) is 0 Å². The van der Waals surface area contributed by atoms with Crippen molar-refractivity contribution in [3.8, 4) is 0 Å². The summed E-state index contributed by atoms with van der Waals surface area (Å²) in [6, 6.07) is 17.2. The van der Waals surface area contributed by atoms with Gasteiger partial charge in [0.1, 0.15) is 0 Å². The molecule has 1 aliphatic rings. The molecule has 1 aliphatic heterocycles. The van der Waals surface area contributed by atoms with Crippen molar-refractivity contribution in [1.82, 2.24) is 14.2 Å². The molecule has 0 bridgehead atoms.